The highest BCUT2D eigenvalue weighted by Gasteiger charge is 2.13. The molecule has 0 fully saturated rings. The Morgan fingerprint density at radius 3 is 1.17 bits per heavy atom. The highest BCUT2D eigenvalue weighted by molar-refractivity contribution is 5.69. The number of allylic oxidation sites excluding steroid dienone is 14. The molecule has 1 unspecified atom stereocenters. The Labute approximate surface area is 367 Å². The minimum atomic E-state index is -0.554. The van der Waals surface area contributed by atoms with E-state index in [0.717, 1.165) is 77.0 Å². The molecular weight excluding hydrogens is 725 g/mol. The fourth-order valence-electron chi connectivity index (χ4n) is 6.97. The Hall–Kier alpha value is -2.43. The molecule has 4 heteroatoms. The monoisotopic (exact) mass is 821 g/mol. The summed E-state index contributed by atoms with van der Waals surface area (Å²) in [6, 6.07) is 0. The van der Waals surface area contributed by atoms with Crippen molar-refractivity contribution < 1.29 is 19.4 Å². The van der Waals surface area contributed by atoms with Gasteiger partial charge in [-0.2, -0.15) is 0 Å². The molecule has 1 N–H and O–H groups in total. The molecule has 0 aromatic heterocycles. The molecule has 0 aliphatic carbocycles. The summed E-state index contributed by atoms with van der Waals surface area (Å²) in [7, 11) is 0. The van der Waals surface area contributed by atoms with Gasteiger partial charge >= 0.3 is 5.97 Å². The van der Waals surface area contributed by atoms with Crippen LogP contribution >= 0.6 is 0 Å². The highest BCUT2D eigenvalue weighted by atomic mass is 16.6. The smallest absolute Gasteiger partial charge is 0.306 e. The Morgan fingerprint density at radius 1 is 0.424 bits per heavy atom. The molecule has 0 aromatic rings. The lowest BCUT2D eigenvalue weighted by Gasteiger charge is -2.15. The molecule has 0 radical (unpaired) electrons. The van der Waals surface area contributed by atoms with E-state index in [-0.39, 0.29) is 19.2 Å². The molecule has 0 spiro atoms. The average Bonchev–Trinajstić information content (AvgIpc) is 3.24. The van der Waals surface area contributed by atoms with Gasteiger partial charge in [0.05, 0.1) is 13.2 Å². The number of rotatable bonds is 46. The van der Waals surface area contributed by atoms with Crippen LogP contribution in [0.25, 0.3) is 0 Å². The van der Waals surface area contributed by atoms with Crippen LogP contribution in [0.3, 0.4) is 0 Å². The molecule has 0 saturated heterocycles. The molecule has 0 aromatic carbocycles. The van der Waals surface area contributed by atoms with Gasteiger partial charge in [0.2, 0.25) is 0 Å². The van der Waals surface area contributed by atoms with Crippen LogP contribution in [0.5, 0.6) is 0 Å². The van der Waals surface area contributed by atoms with Crippen LogP contribution in [0.15, 0.2) is 85.1 Å². The molecular formula is C55H96O4. The summed E-state index contributed by atoms with van der Waals surface area (Å²) in [6.45, 7) is 5.21. The van der Waals surface area contributed by atoms with E-state index in [1.165, 1.54) is 135 Å². The standard InChI is InChI=1S/C55H96O4/c1-3-5-7-9-11-13-15-17-19-21-23-25-27-29-31-33-35-37-39-41-43-45-47-49-51-58-53-54(52-56)59-55(57)50-48-46-44-42-40-38-36-34-32-30-28-26-24-22-20-18-16-14-12-10-8-6-4-2/h6,8,12,14,18,20-21,23-24,26,30,32,36,38,54,56H,3-5,7,9-11,13,15-17,19,22,25,27-29,31,33-35,37,39-53H2,1-2H3/b8-6-,14-12-,20-18-,23-21-,26-24-,32-30-,38-36-. The molecule has 0 heterocycles. The predicted molar refractivity (Wildman–Crippen MR) is 260 cm³/mol. The SMILES string of the molecule is CC/C=C\C/C=C\C/C=C\C/C=C\C/C=C\C/C=C\CCCCCCC(=O)OC(CO)COCCCCCCCCCCCCCC/C=C\CCCCCCCCCC. The summed E-state index contributed by atoms with van der Waals surface area (Å²) in [6.07, 6.45) is 72.4. The average molecular weight is 821 g/mol. The maximum absolute atomic E-state index is 12.3. The molecule has 1 atom stereocenters. The third kappa shape index (κ3) is 49.8. The van der Waals surface area contributed by atoms with Crippen molar-refractivity contribution in [1.29, 1.82) is 0 Å². The van der Waals surface area contributed by atoms with E-state index in [9.17, 15) is 9.90 Å². The van der Waals surface area contributed by atoms with Crippen LogP contribution < -0.4 is 0 Å². The summed E-state index contributed by atoms with van der Waals surface area (Å²) in [5, 5.41) is 9.65. The number of carbonyl (C=O) groups is 1. The number of aliphatic hydroxyl groups excluding tert-OH is 1. The molecule has 0 amide bonds. The zero-order valence-electron chi connectivity index (χ0n) is 39.0. The van der Waals surface area contributed by atoms with Crippen molar-refractivity contribution in [1.82, 2.24) is 0 Å². The molecule has 0 saturated carbocycles. The Balaban J connectivity index is 3.49. The fraction of sp³-hybridized carbons (Fsp3) is 0.727. The number of esters is 1. The van der Waals surface area contributed by atoms with E-state index < -0.39 is 6.10 Å². The molecule has 4 nitrogen and oxygen atoms in total. The highest BCUT2D eigenvalue weighted by Crippen LogP contribution is 2.14. The van der Waals surface area contributed by atoms with Crippen molar-refractivity contribution in [3.05, 3.63) is 85.1 Å². The van der Waals surface area contributed by atoms with Gasteiger partial charge in [0.25, 0.3) is 0 Å². The lowest BCUT2D eigenvalue weighted by Crippen LogP contribution is -2.27. The molecule has 340 valence electrons. The van der Waals surface area contributed by atoms with Crippen molar-refractivity contribution in [2.45, 2.75) is 238 Å². The first-order valence-corrected chi connectivity index (χ1v) is 25.2. The van der Waals surface area contributed by atoms with Gasteiger partial charge in [0.15, 0.2) is 0 Å². The van der Waals surface area contributed by atoms with Gasteiger partial charge in [-0.25, -0.2) is 0 Å². The topological polar surface area (TPSA) is 55.8 Å². The van der Waals surface area contributed by atoms with E-state index in [1.807, 2.05) is 0 Å². The zero-order valence-corrected chi connectivity index (χ0v) is 39.0. The number of carbonyl (C=O) groups excluding carboxylic acids is 1. The number of hydrogen-bond donors (Lipinski definition) is 1. The van der Waals surface area contributed by atoms with E-state index in [2.05, 4.69) is 98.9 Å². The maximum Gasteiger partial charge on any atom is 0.306 e. The quantitative estimate of drug-likeness (QED) is 0.0378. The van der Waals surface area contributed by atoms with Crippen LogP contribution in [0.4, 0.5) is 0 Å². The lowest BCUT2D eigenvalue weighted by atomic mass is 10.0. The second kappa shape index (κ2) is 51.7. The fourth-order valence-corrected chi connectivity index (χ4v) is 6.97. The third-order valence-electron chi connectivity index (χ3n) is 10.7. The molecule has 59 heavy (non-hydrogen) atoms. The zero-order chi connectivity index (χ0) is 42.6. The maximum atomic E-state index is 12.3. The first-order chi connectivity index (χ1) is 29.2. The first-order valence-electron chi connectivity index (χ1n) is 25.2. The Morgan fingerprint density at radius 2 is 0.763 bits per heavy atom. The summed E-state index contributed by atoms with van der Waals surface area (Å²) in [5.74, 6) is -0.225. The van der Waals surface area contributed by atoms with Crippen LogP contribution in [0.1, 0.15) is 232 Å². The number of unbranched alkanes of at least 4 members (excludes halogenated alkanes) is 24. The molecule has 0 rings (SSSR count). The molecule has 0 aliphatic heterocycles. The van der Waals surface area contributed by atoms with Crippen molar-refractivity contribution in [2.24, 2.45) is 0 Å². The van der Waals surface area contributed by atoms with Crippen LogP contribution in [-0.2, 0) is 14.3 Å². The number of aliphatic hydroxyl groups is 1. The largest absolute Gasteiger partial charge is 0.457 e. The van der Waals surface area contributed by atoms with Gasteiger partial charge in [0, 0.05) is 13.0 Å². The van der Waals surface area contributed by atoms with Crippen LogP contribution in [0.2, 0.25) is 0 Å². The number of ether oxygens (including phenoxy) is 2. The van der Waals surface area contributed by atoms with Gasteiger partial charge in [-0.1, -0.05) is 221 Å². The van der Waals surface area contributed by atoms with Gasteiger partial charge in [0.1, 0.15) is 6.10 Å². The van der Waals surface area contributed by atoms with Gasteiger partial charge in [-0.3, -0.25) is 4.79 Å². The second-order valence-electron chi connectivity index (χ2n) is 16.5. The summed E-state index contributed by atoms with van der Waals surface area (Å²) < 4.78 is 11.2. The summed E-state index contributed by atoms with van der Waals surface area (Å²) >= 11 is 0. The van der Waals surface area contributed by atoms with E-state index >= 15 is 0 Å². The van der Waals surface area contributed by atoms with E-state index in [0.29, 0.717) is 13.0 Å². The Bertz CT molecular complexity index is 1050. The Kier molecular flexibility index (Phi) is 49.6. The van der Waals surface area contributed by atoms with Gasteiger partial charge in [-0.05, 0) is 89.9 Å². The first kappa shape index (κ1) is 56.6. The third-order valence-corrected chi connectivity index (χ3v) is 10.7. The van der Waals surface area contributed by atoms with Gasteiger partial charge in [-0.15, -0.1) is 0 Å². The van der Waals surface area contributed by atoms with E-state index in [1.54, 1.807) is 0 Å². The summed E-state index contributed by atoms with van der Waals surface area (Å²) in [4.78, 5) is 12.3. The normalized spacial score (nSPS) is 13.1. The molecule has 0 aliphatic rings. The number of hydrogen-bond acceptors (Lipinski definition) is 4. The summed E-state index contributed by atoms with van der Waals surface area (Å²) in [5.41, 5.74) is 0. The van der Waals surface area contributed by atoms with Crippen molar-refractivity contribution >= 4 is 5.97 Å². The van der Waals surface area contributed by atoms with Crippen LogP contribution in [-0.4, -0.2) is 37.0 Å². The minimum absolute atomic E-state index is 0.186. The van der Waals surface area contributed by atoms with Gasteiger partial charge < -0.3 is 14.6 Å². The van der Waals surface area contributed by atoms with Crippen LogP contribution in [0, 0.1) is 0 Å². The van der Waals surface area contributed by atoms with Crippen molar-refractivity contribution in [2.75, 3.05) is 19.8 Å². The second-order valence-corrected chi connectivity index (χ2v) is 16.5. The minimum Gasteiger partial charge on any atom is -0.457 e. The lowest BCUT2D eigenvalue weighted by molar-refractivity contribution is -0.154. The van der Waals surface area contributed by atoms with Crippen molar-refractivity contribution in [3.63, 3.8) is 0 Å². The predicted octanol–water partition coefficient (Wildman–Crippen LogP) is 17.1. The van der Waals surface area contributed by atoms with Crippen molar-refractivity contribution in [3.8, 4) is 0 Å². The van der Waals surface area contributed by atoms with E-state index in [4.69, 9.17) is 9.47 Å². The molecule has 0 bridgehead atoms.